The Hall–Kier alpha value is -3.28. The van der Waals surface area contributed by atoms with Crippen molar-refractivity contribution < 1.29 is 27.1 Å². The lowest BCUT2D eigenvalue weighted by Crippen LogP contribution is -2.39. The molecule has 2 aromatic carbocycles. The van der Waals surface area contributed by atoms with Crippen molar-refractivity contribution in [2.45, 2.75) is 12.7 Å². The Morgan fingerprint density at radius 2 is 2.10 bits per heavy atom. The number of alkyl halides is 4. The maximum Gasteiger partial charge on any atom is 0.573 e. The number of carbonyl (C=O) groups is 1. The van der Waals surface area contributed by atoms with Crippen LogP contribution < -0.4 is 25.6 Å². The van der Waals surface area contributed by atoms with Crippen molar-refractivity contribution in [2.75, 3.05) is 35.8 Å². The molecule has 12 heteroatoms. The van der Waals surface area contributed by atoms with Crippen molar-refractivity contribution in [1.29, 1.82) is 0 Å². The van der Waals surface area contributed by atoms with Gasteiger partial charge in [-0.25, -0.2) is 9.37 Å². The SMILES string of the molecule is CN1c2ccc(C(=O)NCCF)cc2NC1Nc1nc2ccc(OC(F)(F)F)cc2s1. The fourth-order valence-electron chi connectivity index (χ4n) is 3.16. The number of nitrogens with zero attached hydrogens (tertiary/aromatic N) is 2. The van der Waals surface area contributed by atoms with Crippen LogP contribution in [0.5, 0.6) is 5.75 Å². The fourth-order valence-corrected chi connectivity index (χ4v) is 4.08. The highest BCUT2D eigenvalue weighted by Crippen LogP contribution is 2.36. The van der Waals surface area contributed by atoms with Crippen molar-refractivity contribution in [3.63, 3.8) is 0 Å². The van der Waals surface area contributed by atoms with E-state index in [1.54, 1.807) is 18.2 Å². The standard InChI is InChI=1S/C19H17F4N5O2S/c1-28-14-5-2-10(16(29)24-7-6-20)8-13(14)25-17(28)27-18-26-12-4-3-11(9-15(12)31-18)30-19(21,22)23/h2-5,8-9,17,25H,6-7H2,1H3,(H,24,29)(H,26,27). The molecule has 0 saturated carbocycles. The summed E-state index contributed by atoms with van der Waals surface area (Å²) in [6.07, 6.45) is -5.16. The number of hydrogen-bond acceptors (Lipinski definition) is 7. The third-order valence-electron chi connectivity index (χ3n) is 4.55. The maximum absolute atomic E-state index is 12.4. The molecule has 1 atom stereocenters. The molecule has 0 saturated heterocycles. The van der Waals surface area contributed by atoms with Crippen LogP contribution in [0.25, 0.3) is 10.2 Å². The molecule has 164 valence electrons. The lowest BCUT2D eigenvalue weighted by molar-refractivity contribution is -0.274. The summed E-state index contributed by atoms with van der Waals surface area (Å²) in [7, 11) is 1.84. The van der Waals surface area contributed by atoms with Gasteiger partial charge in [-0.1, -0.05) is 11.3 Å². The summed E-state index contributed by atoms with van der Waals surface area (Å²) in [5.74, 6) is -0.679. The number of anilines is 3. The molecular weight excluding hydrogens is 438 g/mol. The van der Waals surface area contributed by atoms with Crippen LogP contribution in [0, 0.1) is 0 Å². The van der Waals surface area contributed by atoms with Crippen LogP contribution in [0.4, 0.5) is 34.1 Å². The number of rotatable bonds is 6. The lowest BCUT2D eigenvalue weighted by atomic mass is 10.1. The van der Waals surface area contributed by atoms with E-state index in [0.29, 0.717) is 26.6 Å². The molecule has 3 N–H and O–H groups in total. The molecule has 1 aliphatic rings. The Bertz CT molecular complexity index is 1120. The first-order chi connectivity index (χ1) is 14.7. The predicted molar refractivity (Wildman–Crippen MR) is 110 cm³/mol. The second kappa shape index (κ2) is 8.10. The first-order valence-electron chi connectivity index (χ1n) is 9.14. The molecule has 1 aliphatic heterocycles. The number of amides is 1. The monoisotopic (exact) mass is 455 g/mol. The second-order valence-electron chi connectivity index (χ2n) is 6.68. The van der Waals surface area contributed by atoms with Gasteiger partial charge in [0.25, 0.3) is 5.91 Å². The van der Waals surface area contributed by atoms with E-state index in [-0.39, 0.29) is 18.2 Å². The predicted octanol–water partition coefficient (Wildman–Crippen LogP) is 4.15. The quantitative estimate of drug-likeness (QED) is 0.485. The van der Waals surface area contributed by atoms with Gasteiger partial charge in [0.05, 0.1) is 21.6 Å². The molecule has 0 aliphatic carbocycles. The minimum absolute atomic E-state index is 0.0548. The van der Waals surface area contributed by atoms with E-state index >= 15 is 0 Å². The minimum atomic E-state index is -4.76. The normalized spacial score (nSPS) is 15.5. The molecule has 1 amide bonds. The van der Waals surface area contributed by atoms with Gasteiger partial charge in [-0.2, -0.15) is 0 Å². The van der Waals surface area contributed by atoms with Crippen LogP contribution in [0.2, 0.25) is 0 Å². The Morgan fingerprint density at radius 3 is 2.84 bits per heavy atom. The van der Waals surface area contributed by atoms with Crippen LogP contribution in [-0.4, -0.2) is 43.8 Å². The molecule has 4 rings (SSSR count). The molecular formula is C19H17F4N5O2S. The highest BCUT2D eigenvalue weighted by atomic mass is 32.1. The Balaban J connectivity index is 1.49. The van der Waals surface area contributed by atoms with Crippen LogP contribution in [-0.2, 0) is 0 Å². The zero-order valence-electron chi connectivity index (χ0n) is 16.1. The third kappa shape index (κ3) is 4.58. The van der Waals surface area contributed by atoms with Crippen LogP contribution in [0.1, 0.15) is 10.4 Å². The Kier molecular flexibility index (Phi) is 5.48. The van der Waals surface area contributed by atoms with Gasteiger partial charge in [0.15, 0.2) is 11.4 Å². The first-order valence-corrected chi connectivity index (χ1v) is 9.95. The van der Waals surface area contributed by atoms with Crippen LogP contribution >= 0.6 is 11.3 Å². The molecule has 2 heterocycles. The molecule has 0 bridgehead atoms. The molecule has 1 unspecified atom stereocenters. The Labute approximate surface area is 178 Å². The summed E-state index contributed by atoms with van der Waals surface area (Å²) in [6, 6.07) is 9.04. The number of ether oxygens (including phenoxy) is 1. The van der Waals surface area contributed by atoms with E-state index in [9.17, 15) is 22.4 Å². The summed E-state index contributed by atoms with van der Waals surface area (Å²) >= 11 is 1.19. The number of aromatic nitrogens is 1. The van der Waals surface area contributed by atoms with E-state index in [0.717, 1.165) is 5.69 Å². The number of carbonyl (C=O) groups excluding carboxylic acids is 1. The zero-order valence-corrected chi connectivity index (χ0v) is 16.9. The van der Waals surface area contributed by atoms with Gasteiger partial charge in [0.2, 0.25) is 0 Å². The molecule has 7 nitrogen and oxygen atoms in total. The lowest BCUT2D eigenvalue weighted by Gasteiger charge is -2.22. The smallest absolute Gasteiger partial charge is 0.406 e. The molecule has 0 radical (unpaired) electrons. The van der Waals surface area contributed by atoms with E-state index < -0.39 is 19.3 Å². The van der Waals surface area contributed by atoms with Crippen molar-refractivity contribution in [3.8, 4) is 5.75 Å². The van der Waals surface area contributed by atoms with Gasteiger partial charge in [-0.15, -0.1) is 13.2 Å². The number of halogens is 4. The van der Waals surface area contributed by atoms with E-state index in [1.807, 2.05) is 11.9 Å². The fraction of sp³-hybridized carbons (Fsp3) is 0.263. The maximum atomic E-state index is 12.4. The number of nitrogens with one attached hydrogen (secondary N) is 3. The number of benzene rings is 2. The average Bonchev–Trinajstić information content (AvgIpc) is 3.24. The van der Waals surface area contributed by atoms with Gasteiger partial charge in [-0.3, -0.25) is 4.79 Å². The average molecular weight is 455 g/mol. The summed E-state index contributed by atoms with van der Waals surface area (Å²) < 4.78 is 54.0. The third-order valence-corrected chi connectivity index (χ3v) is 5.50. The zero-order chi connectivity index (χ0) is 22.2. The molecule has 3 aromatic rings. The van der Waals surface area contributed by atoms with E-state index in [1.165, 1.54) is 29.5 Å². The summed E-state index contributed by atoms with van der Waals surface area (Å²) in [4.78, 5) is 18.3. The van der Waals surface area contributed by atoms with Crippen LogP contribution in [0.15, 0.2) is 36.4 Å². The van der Waals surface area contributed by atoms with E-state index in [4.69, 9.17) is 0 Å². The van der Waals surface area contributed by atoms with E-state index in [2.05, 4.69) is 25.7 Å². The Morgan fingerprint density at radius 1 is 1.29 bits per heavy atom. The van der Waals surface area contributed by atoms with Gasteiger partial charge in [0, 0.05) is 25.2 Å². The largest absolute Gasteiger partial charge is 0.573 e. The van der Waals surface area contributed by atoms with Crippen molar-refractivity contribution >= 4 is 44.0 Å². The number of thiazole rings is 1. The molecule has 0 spiro atoms. The van der Waals surface area contributed by atoms with Gasteiger partial charge in [-0.05, 0) is 30.3 Å². The molecule has 0 fully saturated rings. The summed E-state index contributed by atoms with van der Waals surface area (Å²) in [6.45, 7) is -0.698. The van der Waals surface area contributed by atoms with Crippen molar-refractivity contribution in [2.24, 2.45) is 0 Å². The topological polar surface area (TPSA) is 78.5 Å². The van der Waals surface area contributed by atoms with Gasteiger partial charge >= 0.3 is 6.36 Å². The minimum Gasteiger partial charge on any atom is -0.406 e. The van der Waals surface area contributed by atoms with Gasteiger partial charge < -0.3 is 25.6 Å². The summed E-state index contributed by atoms with van der Waals surface area (Å²) in [5.41, 5.74) is 2.47. The summed E-state index contributed by atoms with van der Waals surface area (Å²) in [5, 5.41) is 9.38. The van der Waals surface area contributed by atoms with Gasteiger partial charge in [0.1, 0.15) is 12.4 Å². The van der Waals surface area contributed by atoms with Crippen LogP contribution in [0.3, 0.4) is 0 Å². The molecule has 1 aromatic heterocycles. The second-order valence-corrected chi connectivity index (χ2v) is 7.71. The van der Waals surface area contributed by atoms with Crippen molar-refractivity contribution in [3.05, 3.63) is 42.0 Å². The highest BCUT2D eigenvalue weighted by Gasteiger charge is 2.31. The number of fused-ring (bicyclic) bond motifs is 2. The number of hydrogen-bond donors (Lipinski definition) is 3. The highest BCUT2D eigenvalue weighted by molar-refractivity contribution is 7.22. The van der Waals surface area contributed by atoms with Crippen molar-refractivity contribution in [1.82, 2.24) is 10.3 Å². The first kappa shape index (κ1) is 21.0. The molecule has 31 heavy (non-hydrogen) atoms.